The number of pyridine rings is 2. The number of benzene rings is 2. The molecule has 0 aliphatic heterocycles. The summed E-state index contributed by atoms with van der Waals surface area (Å²) in [5.74, 6) is -1.21. The molecule has 4 aromatic rings. The summed E-state index contributed by atoms with van der Waals surface area (Å²) in [5, 5.41) is 11.0. The first-order chi connectivity index (χ1) is 14.6. The first kappa shape index (κ1) is 22.1. The van der Waals surface area contributed by atoms with Crippen molar-refractivity contribution in [3.05, 3.63) is 82.3 Å². The molecule has 0 bridgehead atoms. The second-order valence-corrected chi connectivity index (χ2v) is 8.19. The number of carbonyl (C=O) groups is 1. The number of aryl methyl sites for hydroxylation is 2. The standard InChI is InChI=1S/C12H12N2O3.C10H8O3S/c1-3-14-6-9(12(16)17)10(15)8-5-4-7(2)13-11(8)14;11-14(12,13)10-6-5-8-3-1-2-4-9(8)7-10/h4-6H,3H2,1-2H3,(H,16,17);1-7H,(H,11,12,13). The van der Waals surface area contributed by atoms with Crippen LogP contribution in [0.4, 0.5) is 0 Å². The van der Waals surface area contributed by atoms with Crippen molar-refractivity contribution >= 4 is 37.9 Å². The number of fused-ring (bicyclic) bond motifs is 2. The van der Waals surface area contributed by atoms with Crippen LogP contribution in [0.15, 0.2) is 70.5 Å². The van der Waals surface area contributed by atoms with Gasteiger partial charge in [-0.1, -0.05) is 30.3 Å². The molecule has 0 radical (unpaired) electrons. The molecule has 160 valence electrons. The zero-order chi connectivity index (χ0) is 22.8. The largest absolute Gasteiger partial charge is 0.477 e. The molecule has 0 atom stereocenters. The highest BCUT2D eigenvalue weighted by atomic mass is 32.2. The minimum absolute atomic E-state index is 0.0730. The summed E-state index contributed by atoms with van der Waals surface area (Å²) in [5.41, 5.74) is 0.624. The van der Waals surface area contributed by atoms with Crippen molar-refractivity contribution in [1.29, 1.82) is 0 Å². The summed E-state index contributed by atoms with van der Waals surface area (Å²) < 4.78 is 32.2. The van der Waals surface area contributed by atoms with Crippen molar-refractivity contribution in [3.8, 4) is 0 Å². The van der Waals surface area contributed by atoms with Crippen LogP contribution in [0.2, 0.25) is 0 Å². The molecule has 0 saturated carbocycles. The molecular formula is C22H20N2O6S. The van der Waals surface area contributed by atoms with Crippen molar-refractivity contribution in [2.75, 3.05) is 0 Å². The lowest BCUT2D eigenvalue weighted by Gasteiger charge is -2.09. The third kappa shape index (κ3) is 4.79. The van der Waals surface area contributed by atoms with Crippen molar-refractivity contribution in [2.45, 2.75) is 25.3 Å². The van der Waals surface area contributed by atoms with Gasteiger partial charge in [0.25, 0.3) is 10.1 Å². The number of hydrogen-bond donors (Lipinski definition) is 2. The van der Waals surface area contributed by atoms with E-state index < -0.39 is 21.5 Å². The Morgan fingerprint density at radius 1 is 1.06 bits per heavy atom. The van der Waals surface area contributed by atoms with E-state index in [1.807, 2.05) is 32.0 Å². The smallest absolute Gasteiger partial charge is 0.341 e. The van der Waals surface area contributed by atoms with Gasteiger partial charge in [0.05, 0.1) is 10.3 Å². The van der Waals surface area contributed by atoms with Gasteiger partial charge in [0.15, 0.2) is 0 Å². The number of nitrogens with zero attached hydrogens (tertiary/aromatic N) is 2. The normalized spacial score (nSPS) is 11.2. The zero-order valence-electron chi connectivity index (χ0n) is 16.8. The maximum absolute atomic E-state index is 11.9. The highest BCUT2D eigenvalue weighted by molar-refractivity contribution is 7.85. The van der Waals surface area contributed by atoms with E-state index in [2.05, 4.69) is 4.98 Å². The molecule has 0 unspecified atom stereocenters. The Labute approximate surface area is 178 Å². The molecule has 0 fully saturated rings. The maximum Gasteiger partial charge on any atom is 0.341 e. The molecular weight excluding hydrogens is 420 g/mol. The van der Waals surface area contributed by atoms with E-state index in [1.54, 1.807) is 28.8 Å². The molecule has 0 aliphatic rings. The zero-order valence-corrected chi connectivity index (χ0v) is 17.6. The third-order valence-corrected chi connectivity index (χ3v) is 5.50. The van der Waals surface area contributed by atoms with Crippen LogP contribution in [0.3, 0.4) is 0 Å². The SMILES string of the molecule is CCn1cc(C(=O)O)c(=O)c2ccc(C)nc21.O=S(=O)(O)c1ccc2ccccc2c1. The molecule has 2 N–H and O–H groups in total. The molecule has 0 aliphatic carbocycles. The van der Waals surface area contributed by atoms with Crippen molar-refractivity contribution in [2.24, 2.45) is 0 Å². The van der Waals surface area contributed by atoms with Crippen molar-refractivity contribution in [3.63, 3.8) is 0 Å². The van der Waals surface area contributed by atoms with Crippen LogP contribution in [-0.4, -0.2) is 33.6 Å². The van der Waals surface area contributed by atoms with Gasteiger partial charge >= 0.3 is 5.97 Å². The average Bonchev–Trinajstić information content (AvgIpc) is 2.73. The first-order valence-electron chi connectivity index (χ1n) is 9.32. The van der Waals surface area contributed by atoms with E-state index in [0.717, 1.165) is 16.5 Å². The Morgan fingerprint density at radius 3 is 2.35 bits per heavy atom. The molecule has 0 amide bonds. The van der Waals surface area contributed by atoms with E-state index >= 15 is 0 Å². The fourth-order valence-corrected chi connectivity index (χ4v) is 3.60. The second kappa shape index (κ2) is 8.66. The van der Waals surface area contributed by atoms with Gasteiger partial charge in [-0.3, -0.25) is 9.35 Å². The van der Waals surface area contributed by atoms with Gasteiger partial charge < -0.3 is 9.67 Å². The third-order valence-electron chi connectivity index (χ3n) is 4.65. The number of carboxylic acids is 1. The minimum atomic E-state index is -4.09. The van der Waals surface area contributed by atoms with Crippen LogP contribution < -0.4 is 5.43 Å². The van der Waals surface area contributed by atoms with Crippen LogP contribution in [0.25, 0.3) is 21.8 Å². The molecule has 9 heteroatoms. The highest BCUT2D eigenvalue weighted by Gasteiger charge is 2.14. The lowest BCUT2D eigenvalue weighted by atomic mass is 10.1. The summed E-state index contributed by atoms with van der Waals surface area (Å²) in [6, 6.07) is 15.2. The van der Waals surface area contributed by atoms with Gasteiger partial charge in [0.1, 0.15) is 11.2 Å². The Bertz CT molecular complexity index is 1460. The highest BCUT2D eigenvalue weighted by Crippen LogP contribution is 2.18. The Hall–Kier alpha value is -3.56. The summed E-state index contributed by atoms with van der Waals surface area (Å²) in [6.45, 7) is 4.27. The predicted molar refractivity (Wildman–Crippen MR) is 117 cm³/mol. The second-order valence-electron chi connectivity index (χ2n) is 6.77. The van der Waals surface area contributed by atoms with E-state index in [0.29, 0.717) is 17.6 Å². The Morgan fingerprint density at radius 2 is 1.74 bits per heavy atom. The predicted octanol–water partition coefficient (Wildman–Crippen LogP) is 3.51. The van der Waals surface area contributed by atoms with Crippen LogP contribution in [0, 0.1) is 6.92 Å². The minimum Gasteiger partial charge on any atom is -0.477 e. The lowest BCUT2D eigenvalue weighted by molar-refractivity contribution is 0.0695. The number of aromatic nitrogens is 2. The monoisotopic (exact) mass is 440 g/mol. The van der Waals surface area contributed by atoms with Gasteiger partial charge in [-0.25, -0.2) is 9.78 Å². The molecule has 2 aromatic heterocycles. The van der Waals surface area contributed by atoms with E-state index in [9.17, 15) is 18.0 Å². The summed E-state index contributed by atoms with van der Waals surface area (Å²) in [4.78, 5) is 27.1. The Kier molecular flexibility index (Phi) is 6.19. The molecule has 31 heavy (non-hydrogen) atoms. The number of rotatable bonds is 3. The van der Waals surface area contributed by atoms with E-state index in [1.165, 1.54) is 18.3 Å². The summed E-state index contributed by atoms with van der Waals surface area (Å²) >= 11 is 0. The van der Waals surface area contributed by atoms with Gasteiger partial charge in [0.2, 0.25) is 5.43 Å². The first-order valence-corrected chi connectivity index (χ1v) is 10.8. The van der Waals surface area contributed by atoms with E-state index in [4.69, 9.17) is 9.66 Å². The topological polar surface area (TPSA) is 127 Å². The van der Waals surface area contributed by atoms with E-state index in [-0.39, 0.29) is 10.5 Å². The van der Waals surface area contributed by atoms with Crippen molar-refractivity contribution in [1.82, 2.24) is 9.55 Å². The van der Waals surface area contributed by atoms with Crippen LogP contribution in [0.1, 0.15) is 23.0 Å². The fraction of sp³-hybridized carbons (Fsp3) is 0.136. The lowest BCUT2D eigenvalue weighted by Crippen LogP contribution is -2.19. The molecule has 0 saturated heterocycles. The summed E-state index contributed by atoms with van der Waals surface area (Å²) in [7, 11) is -4.09. The number of carboxylic acid groups (broad SMARTS) is 1. The molecule has 8 nitrogen and oxygen atoms in total. The molecule has 4 rings (SSSR count). The number of hydrogen-bond acceptors (Lipinski definition) is 5. The molecule has 2 heterocycles. The van der Waals surface area contributed by atoms with Gasteiger partial charge in [0, 0.05) is 18.4 Å². The number of aromatic carboxylic acids is 1. The maximum atomic E-state index is 11.9. The van der Waals surface area contributed by atoms with Crippen LogP contribution in [0.5, 0.6) is 0 Å². The average molecular weight is 440 g/mol. The Balaban J connectivity index is 0.000000179. The van der Waals surface area contributed by atoms with Gasteiger partial charge in [-0.05, 0) is 48.9 Å². The molecule has 0 spiro atoms. The van der Waals surface area contributed by atoms with Gasteiger partial charge in [-0.2, -0.15) is 8.42 Å². The fourth-order valence-electron chi connectivity index (χ4n) is 3.08. The van der Waals surface area contributed by atoms with Crippen molar-refractivity contribution < 1.29 is 22.9 Å². The quantitative estimate of drug-likeness (QED) is 0.467. The molecule has 2 aromatic carbocycles. The summed E-state index contributed by atoms with van der Waals surface area (Å²) in [6.07, 6.45) is 1.35. The van der Waals surface area contributed by atoms with Gasteiger partial charge in [-0.15, -0.1) is 0 Å². The van der Waals surface area contributed by atoms with Crippen LogP contribution in [-0.2, 0) is 16.7 Å². The van der Waals surface area contributed by atoms with Crippen LogP contribution >= 0.6 is 0 Å².